The normalized spacial score (nSPS) is 25.7. The van der Waals surface area contributed by atoms with Crippen molar-refractivity contribution >= 4 is 32.1 Å². The summed E-state index contributed by atoms with van der Waals surface area (Å²) < 4.78 is 0. The molecule has 2 N–H and O–H groups in total. The summed E-state index contributed by atoms with van der Waals surface area (Å²) in [5.41, 5.74) is 1.12. The van der Waals surface area contributed by atoms with Crippen molar-refractivity contribution < 1.29 is 37.2 Å². The molecule has 2 saturated carbocycles. The van der Waals surface area contributed by atoms with Gasteiger partial charge in [-0.15, -0.1) is 13.1 Å². The van der Waals surface area contributed by atoms with Crippen LogP contribution in [0.5, 0.6) is 0 Å². The maximum atomic E-state index is 12.5. The molecule has 1 aromatic rings. The fourth-order valence-electron chi connectivity index (χ4n) is 6.17. The zero-order chi connectivity index (χ0) is 28.9. The van der Waals surface area contributed by atoms with Gasteiger partial charge in [0.1, 0.15) is 0 Å². The van der Waals surface area contributed by atoms with Crippen LogP contribution in [0.1, 0.15) is 119 Å². The van der Waals surface area contributed by atoms with Crippen molar-refractivity contribution in [2.45, 2.75) is 121 Å². The van der Waals surface area contributed by atoms with Crippen molar-refractivity contribution in [2.24, 2.45) is 0 Å². The molecule has 4 rings (SSSR count). The number of fused-ring (bicyclic) bond motifs is 4. The summed E-state index contributed by atoms with van der Waals surface area (Å²) in [4.78, 5) is 29.7. The van der Waals surface area contributed by atoms with Crippen molar-refractivity contribution in [3.05, 3.63) is 49.3 Å². The van der Waals surface area contributed by atoms with E-state index in [2.05, 4.69) is 11.9 Å². The van der Waals surface area contributed by atoms with Gasteiger partial charge in [-0.25, -0.2) is 9.59 Å². The molecule has 233 valence electrons. The van der Waals surface area contributed by atoms with Gasteiger partial charge in [-0.3, -0.25) is 4.98 Å². The summed E-state index contributed by atoms with van der Waals surface area (Å²) in [6, 6.07) is 0.299. The minimum atomic E-state index is -1.14. The molecule has 4 atom stereocenters. The molecule has 0 spiro atoms. The number of aromatic carboxylic acids is 2. The Morgan fingerprint density at radius 1 is 0.800 bits per heavy atom. The first-order chi connectivity index (χ1) is 19.4. The van der Waals surface area contributed by atoms with Gasteiger partial charge in [0.2, 0.25) is 0 Å². The molecule has 40 heavy (non-hydrogen) atoms. The number of carbonyl (C=O) groups is 2. The van der Waals surface area contributed by atoms with Crippen LogP contribution in [0.2, 0.25) is 0 Å². The smallest absolute Gasteiger partial charge is 0 e. The first kappa shape index (κ1) is 33.5. The van der Waals surface area contributed by atoms with Crippen LogP contribution in [0, 0.1) is 0 Å². The van der Waals surface area contributed by atoms with Crippen LogP contribution in [-0.2, 0) is 32.6 Å². The molecule has 2 aliphatic carbocycles. The molecule has 3 aliphatic rings. The van der Waals surface area contributed by atoms with E-state index in [0.717, 1.165) is 70.6 Å². The number of unbranched alkanes of at least 4 members (excludes halogenated alkanes) is 2. The number of aromatic nitrogens is 1. The molecular formula is C28H47Cl2MnN5O4-4. The SMILES string of the molecule is CCCCCc1c(C(=O)O)c2nc(c1C(=O)O)C[N-][C@@H]1CCCC[C@H]1[N-]CC[N-]C1CCCCC1[N-]C2.[Cl][Mn][Cl].[HH].[HH].[HH]. The van der Waals surface area contributed by atoms with Gasteiger partial charge in [0, 0.05) is 15.7 Å². The summed E-state index contributed by atoms with van der Waals surface area (Å²) in [5.74, 6) is -2.27. The van der Waals surface area contributed by atoms with Crippen LogP contribution in [-0.4, -0.2) is 64.4 Å². The topological polar surface area (TPSA) is 144 Å². The van der Waals surface area contributed by atoms with E-state index >= 15 is 0 Å². The second-order valence-corrected chi connectivity index (χ2v) is 12.6. The number of hydrogen-bond donors (Lipinski definition) is 2. The predicted octanol–water partition coefficient (Wildman–Crippen LogP) is 8.46. The first-order valence-electron chi connectivity index (χ1n) is 14.5. The van der Waals surface area contributed by atoms with Crippen molar-refractivity contribution in [3.8, 4) is 0 Å². The maximum absolute atomic E-state index is 12.5. The fourth-order valence-corrected chi connectivity index (χ4v) is 6.17. The Balaban J connectivity index is 0.00000282. The van der Waals surface area contributed by atoms with E-state index in [0.29, 0.717) is 36.5 Å². The number of halogens is 2. The van der Waals surface area contributed by atoms with E-state index in [1.165, 1.54) is 0 Å². The van der Waals surface area contributed by atoms with E-state index < -0.39 is 11.9 Å². The molecule has 0 saturated heterocycles. The Morgan fingerprint density at radius 2 is 1.20 bits per heavy atom. The Hall–Kier alpha value is -0.971. The number of hydrogen-bond acceptors (Lipinski definition) is 3. The van der Waals surface area contributed by atoms with E-state index in [9.17, 15) is 19.8 Å². The van der Waals surface area contributed by atoms with Crippen molar-refractivity contribution in [1.29, 1.82) is 0 Å². The number of rotatable bonds is 6. The number of carboxylic acids is 2. The second-order valence-electron chi connectivity index (χ2n) is 10.7. The molecule has 12 heteroatoms. The summed E-state index contributed by atoms with van der Waals surface area (Å²) >= 11 is 0.00694. The summed E-state index contributed by atoms with van der Waals surface area (Å²) in [7, 11) is 9.59. The Morgan fingerprint density at radius 3 is 1.57 bits per heavy atom. The van der Waals surface area contributed by atoms with Crippen LogP contribution in [0.25, 0.3) is 21.3 Å². The molecule has 1 aliphatic heterocycles. The first-order valence-corrected chi connectivity index (χ1v) is 17.7. The van der Waals surface area contributed by atoms with Gasteiger partial charge in [0.15, 0.2) is 0 Å². The molecule has 0 aromatic carbocycles. The minimum Gasteiger partial charge on any atom is 0 e. The molecule has 9 nitrogen and oxygen atoms in total. The van der Waals surface area contributed by atoms with Crippen LogP contribution in [0.15, 0.2) is 0 Å². The number of pyridine rings is 1. The third-order valence-electron chi connectivity index (χ3n) is 8.07. The van der Waals surface area contributed by atoms with Gasteiger partial charge < -0.3 is 31.5 Å². The third kappa shape index (κ3) is 9.53. The van der Waals surface area contributed by atoms with Gasteiger partial charge in [0.25, 0.3) is 0 Å². The minimum absolute atomic E-state index is 0. The van der Waals surface area contributed by atoms with Crippen molar-refractivity contribution in [3.63, 3.8) is 0 Å². The largest absolute Gasteiger partial charge is 0 e. The second kappa shape index (κ2) is 17.9. The molecule has 0 amide bonds. The molecule has 2 heterocycles. The number of carboxylic acid groups (broad SMARTS) is 2. The van der Waals surface area contributed by atoms with Gasteiger partial charge in [-0.1, -0.05) is 71.1 Å². The molecule has 0 radical (unpaired) electrons. The van der Waals surface area contributed by atoms with Crippen LogP contribution < -0.4 is 0 Å². The predicted molar refractivity (Wildman–Crippen MR) is 162 cm³/mol. The third-order valence-corrected chi connectivity index (χ3v) is 8.07. The van der Waals surface area contributed by atoms with E-state index in [-0.39, 0.29) is 65.8 Å². The van der Waals surface area contributed by atoms with Crippen LogP contribution in [0.4, 0.5) is 0 Å². The van der Waals surface area contributed by atoms with Crippen LogP contribution in [0.3, 0.4) is 0 Å². The van der Waals surface area contributed by atoms with Gasteiger partial charge >= 0.3 is 45.3 Å². The standard InChI is InChI=1S/C28H41N5O4.2ClH.Mn.3H2/c1-2-3-4-9-18-25(27(34)35)23-16-31-21-12-7-5-10-19(21)29-14-15-30-20-11-6-8-13-22(20)32-17-24(33-23)26(18)28(36)37;;;;;;/h19-22H,2-17H2,1H3,(H,34,35)(H,36,37);2*1H;;3*1H/q-4;;;+2;;;/p-2/t19-,20?,21-,22?;;;;;;/m1....../s1. The quantitative estimate of drug-likeness (QED) is 0.236. The van der Waals surface area contributed by atoms with Crippen molar-refractivity contribution in [2.75, 3.05) is 13.1 Å². The Bertz CT molecular complexity index is 923. The number of nitrogens with zero attached hydrogens (tertiary/aromatic N) is 5. The maximum Gasteiger partial charge on any atom is 0 e. The van der Waals surface area contributed by atoms with Crippen LogP contribution >= 0.6 is 20.2 Å². The van der Waals surface area contributed by atoms with E-state index in [4.69, 9.17) is 41.5 Å². The summed E-state index contributed by atoms with van der Waals surface area (Å²) in [6.07, 6.45) is 11.2. The monoisotopic (exact) mass is 642 g/mol. The zero-order valence-electron chi connectivity index (χ0n) is 23.2. The fraction of sp³-hybridized carbons (Fsp3) is 0.750. The molecule has 2 bridgehead atoms. The average Bonchev–Trinajstić information content (AvgIpc) is 2.94. The summed E-state index contributed by atoms with van der Waals surface area (Å²) in [6.45, 7) is 3.74. The van der Waals surface area contributed by atoms with Gasteiger partial charge in [-0.05, 0) is 18.4 Å². The average molecular weight is 644 g/mol. The van der Waals surface area contributed by atoms with E-state index in [1.807, 2.05) is 0 Å². The van der Waals surface area contributed by atoms with Crippen molar-refractivity contribution in [1.82, 2.24) is 4.98 Å². The molecule has 2 unspecified atom stereocenters. The Kier molecular flexibility index (Phi) is 15.0. The zero-order valence-corrected chi connectivity index (χ0v) is 25.9. The van der Waals surface area contributed by atoms with Gasteiger partial charge in [0.05, 0.1) is 11.1 Å². The van der Waals surface area contributed by atoms with Gasteiger partial charge in [-0.2, -0.15) is 37.3 Å². The summed E-state index contributed by atoms with van der Waals surface area (Å²) in [5, 5.41) is 40.2. The molecular weight excluding hydrogens is 596 g/mol. The molecule has 1 aromatic heterocycles. The Labute approximate surface area is 257 Å². The molecule has 2 fully saturated rings. The van der Waals surface area contributed by atoms with E-state index in [1.54, 1.807) is 0 Å².